The van der Waals surface area contributed by atoms with Crippen LogP contribution in [-0.2, 0) is 0 Å². The Hall–Kier alpha value is -4.14. The van der Waals surface area contributed by atoms with E-state index >= 15 is 0 Å². The summed E-state index contributed by atoms with van der Waals surface area (Å²) in [5.41, 5.74) is 3.85. The van der Waals surface area contributed by atoms with Crippen molar-refractivity contribution in [2.24, 2.45) is 0 Å². The maximum Gasteiger partial charge on any atom is 0.276 e. The minimum atomic E-state index is -0.257. The number of nitrogens with one attached hydrogen (secondary N) is 2. The van der Waals surface area contributed by atoms with Crippen molar-refractivity contribution in [3.63, 3.8) is 0 Å². The molecule has 166 valence electrons. The molecule has 2 N–H and O–H groups in total. The average molecular weight is 441 g/mol. The third-order valence-electron chi connectivity index (χ3n) is 6.67. The number of fused-ring (bicyclic) bond motifs is 2. The maximum atomic E-state index is 13.3. The van der Waals surface area contributed by atoms with Gasteiger partial charge in [-0.25, -0.2) is 9.20 Å². The van der Waals surface area contributed by atoms with E-state index in [1.807, 2.05) is 17.9 Å². The largest absolute Gasteiger partial charge is 0.361 e. The zero-order chi connectivity index (χ0) is 22.5. The Morgan fingerprint density at radius 2 is 1.94 bits per heavy atom. The number of para-hydroxylation sites is 1. The summed E-state index contributed by atoms with van der Waals surface area (Å²) in [5, 5.41) is 10.0. The summed E-state index contributed by atoms with van der Waals surface area (Å²) >= 11 is 0. The number of aromatic nitrogens is 6. The second-order valence-electron chi connectivity index (χ2n) is 8.53. The van der Waals surface area contributed by atoms with Gasteiger partial charge in [0.05, 0.1) is 17.5 Å². The van der Waals surface area contributed by atoms with Crippen LogP contribution >= 0.6 is 0 Å². The third-order valence-corrected chi connectivity index (χ3v) is 6.67. The van der Waals surface area contributed by atoms with Crippen LogP contribution in [0.25, 0.3) is 22.4 Å². The Morgan fingerprint density at radius 3 is 2.79 bits per heavy atom. The number of nitrogens with zero attached hydrogens (tertiary/aromatic N) is 5. The van der Waals surface area contributed by atoms with E-state index in [1.165, 1.54) is 20.1 Å². The molecule has 0 unspecified atom stereocenters. The van der Waals surface area contributed by atoms with Crippen molar-refractivity contribution in [2.75, 3.05) is 13.1 Å². The molecule has 1 fully saturated rings. The van der Waals surface area contributed by atoms with Gasteiger partial charge in [-0.1, -0.05) is 18.2 Å². The first-order valence-electron chi connectivity index (χ1n) is 11.1. The molecule has 5 heterocycles. The fraction of sp³-hybridized carbons (Fsp3) is 0.250. The van der Waals surface area contributed by atoms with Gasteiger partial charge in [-0.3, -0.25) is 14.6 Å². The highest BCUT2D eigenvalue weighted by molar-refractivity contribution is 5.95. The van der Waals surface area contributed by atoms with Crippen LogP contribution in [0.1, 0.15) is 40.4 Å². The van der Waals surface area contributed by atoms with E-state index in [2.05, 4.69) is 44.6 Å². The number of amides is 1. The number of carbonyl (C=O) groups is 1. The number of benzene rings is 1. The Kier molecular flexibility index (Phi) is 4.42. The predicted octanol–water partition coefficient (Wildman–Crippen LogP) is 3.02. The number of hydrogen-bond acceptors (Lipinski definition) is 4. The lowest BCUT2D eigenvalue weighted by Gasteiger charge is -2.32. The van der Waals surface area contributed by atoms with Crippen molar-refractivity contribution in [2.45, 2.75) is 25.7 Å². The molecule has 1 amide bonds. The fourth-order valence-corrected chi connectivity index (χ4v) is 4.86. The Labute approximate surface area is 188 Å². The van der Waals surface area contributed by atoms with E-state index in [0.29, 0.717) is 35.8 Å². The first-order valence-corrected chi connectivity index (χ1v) is 11.1. The van der Waals surface area contributed by atoms with E-state index in [9.17, 15) is 9.59 Å². The summed E-state index contributed by atoms with van der Waals surface area (Å²) in [4.78, 5) is 33.6. The van der Waals surface area contributed by atoms with Crippen LogP contribution in [0.2, 0.25) is 0 Å². The molecule has 5 aromatic rings. The highest BCUT2D eigenvalue weighted by atomic mass is 16.2. The standard InChI is InChI=1S/C24H23N7O2/c1-15-18(14-26-31(15)24-27-22(32)21-7-4-10-30(21)28-24)23(33)29-11-8-16(9-12-29)19-13-25-20-6-3-2-5-17(19)20/h2-7,10,13-14,16,25H,8-9,11-12H2,1H3,(H,27,28,32). The first-order chi connectivity index (χ1) is 16.1. The summed E-state index contributed by atoms with van der Waals surface area (Å²) in [5.74, 6) is 0.662. The molecule has 6 rings (SSSR count). The summed E-state index contributed by atoms with van der Waals surface area (Å²) in [6.45, 7) is 3.20. The molecule has 0 saturated carbocycles. The van der Waals surface area contributed by atoms with Crippen LogP contribution in [0.4, 0.5) is 0 Å². The fourth-order valence-electron chi connectivity index (χ4n) is 4.86. The molecule has 9 heteroatoms. The molecule has 1 aliphatic rings. The molecule has 4 aromatic heterocycles. The van der Waals surface area contributed by atoms with Crippen LogP contribution in [0.3, 0.4) is 0 Å². The minimum Gasteiger partial charge on any atom is -0.361 e. The summed E-state index contributed by atoms with van der Waals surface area (Å²) in [6.07, 6.45) is 7.20. The van der Waals surface area contributed by atoms with Gasteiger partial charge in [-0.05, 0) is 49.4 Å². The minimum absolute atomic E-state index is 0.0412. The summed E-state index contributed by atoms with van der Waals surface area (Å²) < 4.78 is 3.01. The van der Waals surface area contributed by atoms with Gasteiger partial charge in [0.25, 0.3) is 11.5 Å². The lowest BCUT2D eigenvalue weighted by atomic mass is 9.89. The van der Waals surface area contributed by atoms with Gasteiger partial charge in [0.1, 0.15) is 5.52 Å². The van der Waals surface area contributed by atoms with Crippen LogP contribution < -0.4 is 5.56 Å². The van der Waals surface area contributed by atoms with Gasteiger partial charge in [0.2, 0.25) is 5.95 Å². The Balaban J connectivity index is 1.22. The quantitative estimate of drug-likeness (QED) is 0.449. The van der Waals surface area contributed by atoms with E-state index in [1.54, 1.807) is 24.5 Å². The summed E-state index contributed by atoms with van der Waals surface area (Å²) in [6, 6.07) is 11.8. The Bertz CT molecular complexity index is 1550. The molecule has 1 saturated heterocycles. The van der Waals surface area contributed by atoms with Gasteiger partial charge >= 0.3 is 0 Å². The van der Waals surface area contributed by atoms with Gasteiger partial charge in [0.15, 0.2) is 0 Å². The second kappa shape index (κ2) is 7.47. The van der Waals surface area contributed by atoms with E-state index in [-0.39, 0.29) is 17.4 Å². The molecule has 0 bridgehead atoms. The molecule has 1 aromatic carbocycles. The van der Waals surface area contributed by atoms with Crippen molar-refractivity contribution in [3.05, 3.63) is 82.2 Å². The van der Waals surface area contributed by atoms with Crippen LogP contribution in [-0.4, -0.2) is 53.3 Å². The number of carbonyl (C=O) groups excluding carboxylic acids is 1. The molecule has 0 atom stereocenters. The average Bonchev–Trinajstić information content (AvgIpc) is 3.57. The van der Waals surface area contributed by atoms with E-state index in [0.717, 1.165) is 18.4 Å². The smallest absolute Gasteiger partial charge is 0.276 e. The normalized spacial score (nSPS) is 15.0. The Morgan fingerprint density at radius 1 is 1.12 bits per heavy atom. The predicted molar refractivity (Wildman–Crippen MR) is 124 cm³/mol. The molecular formula is C24H23N7O2. The number of likely N-dealkylation sites (tertiary alicyclic amines) is 1. The van der Waals surface area contributed by atoms with Gasteiger partial charge in [-0.2, -0.15) is 5.10 Å². The monoisotopic (exact) mass is 441 g/mol. The lowest BCUT2D eigenvalue weighted by molar-refractivity contribution is 0.0712. The number of aromatic amines is 2. The molecular weight excluding hydrogens is 418 g/mol. The molecule has 1 aliphatic heterocycles. The van der Waals surface area contributed by atoms with Crippen LogP contribution in [0.15, 0.2) is 59.8 Å². The zero-order valence-corrected chi connectivity index (χ0v) is 18.2. The first kappa shape index (κ1) is 19.5. The van der Waals surface area contributed by atoms with E-state index < -0.39 is 0 Å². The van der Waals surface area contributed by atoms with Crippen molar-refractivity contribution >= 4 is 22.3 Å². The summed E-state index contributed by atoms with van der Waals surface area (Å²) in [7, 11) is 0. The molecule has 0 aliphatic carbocycles. The van der Waals surface area contributed by atoms with Crippen molar-refractivity contribution in [1.29, 1.82) is 0 Å². The van der Waals surface area contributed by atoms with Crippen LogP contribution in [0, 0.1) is 6.92 Å². The maximum absolute atomic E-state index is 13.3. The number of piperidine rings is 1. The molecule has 33 heavy (non-hydrogen) atoms. The third kappa shape index (κ3) is 3.15. The van der Waals surface area contributed by atoms with Crippen molar-refractivity contribution < 1.29 is 4.79 Å². The topological polar surface area (TPSA) is 104 Å². The van der Waals surface area contributed by atoms with Crippen molar-refractivity contribution in [1.82, 2.24) is 34.3 Å². The number of hydrogen-bond donors (Lipinski definition) is 2. The number of H-pyrrole nitrogens is 2. The SMILES string of the molecule is Cc1c(C(=O)N2CCC(c3c[nH]c4ccccc34)CC2)cnn1-c1nn2cccc2c(=O)[nH]1. The van der Waals surface area contributed by atoms with E-state index in [4.69, 9.17) is 0 Å². The molecule has 9 nitrogen and oxygen atoms in total. The highest BCUT2D eigenvalue weighted by Gasteiger charge is 2.28. The molecule has 0 spiro atoms. The van der Waals surface area contributed by atoms with Gasteiger partial charge < -0.3 is 9.88 Å². The number of rotatable bonds is 3. The van der Waals surface area contributed by atoms with Crippen molar-refractivity contribution in [3.8, 4) is 5.95 Å². The van der Waals surface area contributed by atoms with Gasteiger partial charge in [0, 0.05) is 36.4 Å². The lowest BCUT2D eigenvalue weighted by Crippen LogP contribution is -2.38. The second-order valence-corrected chi connectivity index (χ2v) is 8.53. The molecule has 0 radical (unpaired) electrons. The zero-order valence-electron chi connectivity index (χ0n) is 18.2. The highest BCUT2D eigenvalue weighted by Crippen LogP contribution is 2.33. The van der Waals surface area contributed by atoms with Crippen LogP contribution in [0.5, 0.6) is 0 Å². The van der Waals surface area contributed by atoms with Gasteiger partial charge in [-0.15, -0.1) is 5.10 Å².